The van der Waals surface area contributed by atoms with E-state index in [0.29, 0.717) is 0 Å². The number of thiazole rings is 1. The number of fused-ring (bicyclic) bond motifs is 1. The molecule has 0 atom stereocenters. The summed E-state index contributed by atoms with van der Waals surface area (Å²) < 4.78 is 7.68. The zero-order valence-electron chi connectivity index (χ0n) is 12.2. The van der Waals surface area contributed by atoms with Gasteiger partial charge in [0.15, 0.2) is 11.0 Å². The average Bonchev–Trinajstić information content (AvgIpc) is 3.11. The first-order chi connectivity index (χ1) is 10.3. The summed E-state index contributed by atoms with van der Waals surface area (Å²) in [5.74, 6) is 2.12. The number of nitrogens with zero attached hydrogens (tertiary/aromatic N) is 5. The maximum atomic E-state index is 5.41. The van der Waals surface area contributed by atoms with Crippen LogP contribution in [0.2, 0.25) is 0 Å². The van der Waals surface area contributed by atoms with Gasteiger partial charge in [0.25, 0.3) is 0 Å². The molecule has 0 bridgehead atoms. The van der Waals surface area contributed by atoms with Crippen molar-refractivity contribution in [1.82, 2.24) is 19.7 Å². The lowest BCUT2D eigenvalue weighted by atomic mass is 10.1. The van der Waals surface area contributed by atoms with E-state index in [1.807, 2.05) is 0 Å². The summed E-state index contributed by atoms with van der Waals surface area (Å²) in [5, 5.41) is 9.86. The maximum Gasteiger partial charge on any atom is 0.186 e. The normalized spacial score (nSPS) is 18.8. The smallest absolute Gasteiger partial charge is 0.186 e. The SMILES string of the molecule is Cc1nc(N2CCOCC2)sc1-c1nnc2n1CCCC2. The number of ether oxygens (including phenoxy) is 1. The van der Waals surface area contributed by atoms with E-state index in [2.05, 4.69) is 26.6 Å². The van der Waals surface area contributed by atoms with E-state index < -0.39 is 0 Å². The van der Waals surface area contributed by atoms with E-state index in [4.69, 9.17) is 9.72 Å². The largest absolute Gasteiger partial charge is 0.378 e. The number of hydrogen-bond donors (Lipinski definition) is 0. The lowest BCUT2D eigenvalue weighted by Crippen LogP contribution is -2.36. The first kappa shape index (κ1) is 13.2. The van der Waals surface area contributed by atoms with Crippen molar-refractivity contribution in [1.29, 1.82) is 0 Å². The van der Waals surface area contributed by atoms with E-state index in [-0.39, 0.29) is 0 Å². The molecule has 112 valence electrons. The molecule has 0 aliphatic carbocycles. The monoisotopic (exact) mass is 305 g/mol. The molecule has 0 amide bonds. The quantitative estimate of drug-likeness (QED) is 0.848. The number of aromatic nitrogens is 4. The number of rotatable bonds is 2. The number of morpholine rings is 1. The Kier molecular flexibility index (Phi) is 3.39. The molecule has 2 aliphatic rings. The van der Waals surface area contributed by atoms with E-state index >= 15 is 0 Å². The molecule has 0 aromatic carbocycles. The van der Waals surface area contributed by atoms with Gasteiger partial charge >= 0.3 is 0 Å². The van der Waals surface area contributed by atoms with Crippen LogP contribution in [-0.4, -0.2) is 46.1 Å². The second-order valence-corrected chi connectivity index (χ2v) is 6.54. The van der Waals surface area contributed by atoms with Crippen LogP contribution >= 0.6 is 11.3 Å². The molecular formula is C14H19N5OS. The van der Waals surface area contributed by atoms with Crippen molar-refractivity contribution >= 4 is 16.5 Å². The summed E-state index contributed by atoms with van der Waals surface area (Å²) in [6, 6.07) is 0. The Balaban J connectivity index is 1.69. The van der Waals surface area contributed by atoms with E-state index in [1.165, 1.54) is 12.8 Å². The topological polar surface area (TPSA) is 56.1 Å². The molecule has 7 heteroatoms. The molecule has 0 spiro atoms. The predicted octanol–water partition coefficient (Wildman–Crippen LogP) is 1.88. The fourth-order valence-electron chi connectivity index (χ4n) is 2.96. The van der Waals surface area contributed by atoms with Crippen molar-refractivity contribution in [2.45, 2.75) is 32.7 Å². The van der Waals surface area contributed by atoms with Crippen molar-refractivity contribution in [2.24, 2.45) is 0 Å². The Morgan fingerprint density at radius 2 is 1.95 bits per heavy atom. The zero-order valence-corrected chi connectivity index (χ0v) is 13.0. The van der Waals surface area contributed by atoms with E-state index in [0.717, 1.165) is 66.6 Å². The van der Waals surface area contributed by atoms with Gasteiger partial charge in [0.05, 0.1) is 23.8 Å². The minimum atomic E-state index is 0.786. The minimum Gasteiger partial charge on any atom is -0.378 e. The van der Waals surface area contributed by atoms with Crippen LogP contribution < -0.4 is 4.90 Å². The van der Waals surface area contributed by atoms with Crippen LogP contribution in [0.1, 0.15) is 24.4 Å². The van der Waals surface area contributed by atoms with Crippen molar-refractivity contribution in [3.05, 3.63) is 11.5 Å². The predicted molar refractivity (Wildman–Crippen MR) is 81.8 cm³/mol. The molecule has 4 rings (SSSR count). The molecular weight excluding hydrogens is 286 g/mol. The molecule has 2 aromatic heterocycles. The van der Waals surface area contributed by atoms with Crippen LogP contribution in [0.15, 0.2) is 0 Å². The second-order valence-electron chi connectivity index (χ2n) is 5.56. The molecule has 0 unspecified atom stereocenters. The van der Waals surface area contributed by atoms with Gasteiger partial charge in [-0.05, 0) is 19.8 Å². The number of aryl methyl sites for hydroxylation is 2. The lowest BCUT2D eigenvalue weighted by molar-refractivity contribution is 0.122. The summed E-state index contributed by atoms with van der Waals surface area (Å²) in [4.78, 5) is 8.21. The van der Waals surface area contributed by atoms with Gasteiger partial charge in [-0.25, -0.2) is 4.98 Å². The molecule has 1 saturated heterocycles. The fraction of sp³-hybridized carbons (Fsp3) is 0.643. The highest BCUT2D eigenvalue weighted by Gasteiger charge is 2.23. The van der Waals surface area contributed by atoms with Gasteiger partial charge in [-0.2, -0.15) is 0 Å². The third-order valence-electron chi connectivity index (χ3n) is 4.13. The summed E-state index contributed by atoms with van der Waals surface area (Å²) in [7, 11) is 0. The molecule has 0 radical (unpaired) electrons. The zero-order chi connectivity index (χ0) is 14.2. The van der Waals surface area contributed by atoms with Crippen molar-refractivity contribution < 1.29 is 4.74 Å². The number of anilines is 1. The average molecular weight is 305 g/mol. The second kappa shape index (κ2) is 5.38. The summed E-state index contributed by atoms with van der Waals surface area (Å²) >= 11 is 1.73. The molecule has 21 heavy (non-hydrogen) atoms. The van der Waals surface area contributed by atoms with Crippen LogP contribution in [0.4, 0.5) is 5.13 Å². The molecule has 6 nitrogen and oxygen atoms in total. The van der Waals surface area contributed by atoms with Crippen molar-refractivity contribution in [3.8, 4) is 10.7 Å². The third-order valence-corrected chi connectivity index (χ3v) is 5.34. The third kappa shape index (κ3) is 2.34. The van der Waals surface area contributed by atoms with Gasteiger partial charge in [-0.15, -0.1) is 10.2 Å². The molecule has 0 saturated carbocycles. The first-order valence-corrected chi connectivity index (χ1v) is 8.37. The fourth-order valence-corrected chi connectivity index (χ4v) is 4.07. The summed E-state index contributed by atoms with van der Waals surface area (Å²) in [5.41, 5.74) is 1.06. The van der Waals surface area contributed by atoms with Gasteiger partial charge in [0.1, 0.15) is 5.82 Å². The minimum absolute atomic E-state index is 0.786. The van der Waals surface area contributed by atoms with Crippen LogP contribution in [-0.2, 0) is 17.7 Å². The Morgan fingerprint density at radius 1 is 1.10 bits per heavy atom. The van der Waals surface area contributed by atoms with Gasteiger partial charge in [-0.1, -0.05) is 11.3 Å². The van der Waals surface area contributed by atoms with Crippen LogP contribution in [0, 0.1) is 6.92 Å². The molecule has 0 N–H and O–H groups in total. The lowest BCUT2D eigenvalue weighted by Gasteiger charge is -2.26. The molecule has 2 aliphatic heterocycles. The summed E-state index contributed by atoms with van der Waals surface area (Å²) in [6.07, 6.45) is 3.48. The van der Waals surface area contributed by atoms with E-state index in [9.17, 15) is 0 Å². The van der Waals surface area contributed by atoms with Gasteiger partial charge < -0.3 is 14.2 Å². The van der Waals surface area contributed by atoms with Crippen molar-refractivity contribution in [3.63, 3.8) is 0 Å². The Hall–Kier alpha value is -1.47. The van der Waals surface area contributed by atoms with Gasteiger partial charge in [0.2, 0.25) is 0 Å². The Morgan fingerprint density at radius 3 is 2.81 bits per heavy atom. The molecule has 1 fully saturated rings. The molecule has 4 heterocycles. The van der Waals surface area contributed by atoms with E-state index in [1.54, 1.807) is 11.3 Å². The van der Waals surface area contributed by atoms with Gasteiger partial charge in [-0.3, -0.25) is 0 Å². The highest BCUT2D eigenvalue weighted by Crippen LogP contribution is 2.35. The molecule has 2 aromatic rings. The Bertz CT molecular complexity index is 644. The van der Waals surface area contributed by atoms with Crippen LogP contribution in [0.25, 0.3) is 10.7 Å². The van der Waals surface area contributed by atoms with Crippen LogP contribution in [0.5, 0.6) is 0 Å². The number of hydrogen-bond acceptors (Lipinski definition) is 6. The van der Waals surface area contributed by atoms with Crippen molar-refractivity contribution in [2.75, 3.05) is 31.2 Å². The van der Waals surface area contributed by atoms with Crippen LogP contribution in [0.3, 0.4) is 0 Å². The highest BCUT2D eigenvalue weighted by molar-refractivity contribution is 7.19. The Labute approximate surface area is 127 Å². The van der Waals surface area contributed by atoms with Gasteiger partial charge in [0, 0.05) is 26.1 Å². The maximum absolute atomic E-state index is 5.41. The standard InChI is InChI=1S/C14H19N5OS/c1-10-12(13-17-16-11-4-2-3-5-19(11)13)21-14(15-10)18-6-8-20-9-7-18/h2-9H2,1H3. The highest BCUT2D eigenvalue weighted by atomic mass is 32.1. The first-order valence-electron chi connectivity index (χ1n) is 7.55. The summed E-state index contributed by atoms with van der Waals surface area (Å²) in [6.45, 7) is 6.51.